The third-order valence-electron chi connectivity index (χ3n) is 3.46. The molecular weight excluding hydrogens is 459 g/mol. The fourth-order valence-electron chi connectivity index (χ4n) is 1.96. The quantitative estimate of drug-likeness (QED) is 0.225. The third kappa shape index (κ3) is 4.20. The minimum Gasteiger partial charge on any atom is -0.461 e. The molecule has 2 rings (SSSR count). The highest BCUT2D eigenvalue weighted by molar-refractivity contribution is 14.1. The van der Waals surface area contributed by atoms with Gasteiger partial charge in [-0.25, -0.2) is 4.79 Å². The molecule has 1 aromatic carbocycles. The Kier molecular flexibility index (Phi) is 6.86. The fraction of sp³-hybridized carbons (Fsp3) is 0.375. The maximum Gasteiger partial charge on any atom is 0.350 e. The van der Waals surface area contributed by atoms with Crippen molar-refractivity contribution in [2.75, 3.05) is 19.5 Å². The van der Waals surface area contributed by atoms with E-state index in [-0.39, 0.29) is 18.3 Å². The molecule has 8 heteroatoms. The molecule has 1 aliphatic heterocycles. The van der Waals surface area contributed by atoms with Gasteiger partial charge in [-0.05, 0) is 48.1 Å². The molecule has 24 heavy (non-hydrogen) atoms. The second-order valence-corrected chi connectivity index (χ2v) is 8.58. The number of nitrogen functional groups attached to an aromatic ring is 1. The molecule has 0 radical (unpaired) electrons. The van der Waals surface area contributed by atoms with Crippen LogP contribution in [0.15, 0.2) is 25.7 Å². The first-order valence-corrected chi connectivity index (χ1v) is 9.88. The molecule has 128 valence electrons. The first-order chi connectivity index (χ1) is 11.4. The Balaban J connectivity index is 2.19. The topological polar surface area (TPSA) is 85.3 Å². The number of halogens is 1. The second kappa shape index (κ2) is 8.47. The lowest BCUT2D eigenvalue weighted by atomic mass is 10.2. The number of carbonyl (C=O) groups excluding carboxylic acids is 1. The van der Waals surface area contributed by atoms with Gasteiger partial charge in [-0.1, -0.05) is 23.5 Å². The normalized spacial score (nSPS) is 16.3. The SMILES string of the molecule is COC(C)CCOC(=O)/C(C#N)=C1/Sc2c(N)cc(C)c(I)c2S1. The van der Waals surface area contributed by atoms with Crippen LogP contribution in [0.3, 0.4) is 0 Å². The van der Waals surface area contributed by atoms with Crippen LogP contribution in [0.2, 0.25) is 0 Å². The minimum atomic E-state index is -0.603. The Hall–Kier alpha value is -0.890. The molecule has 0 amide bonds. The van der Waals surface area contributed by atoms with Crippen molar-refractivity contribution in [3.05, 3.63) is 25.0 Å². The van der Waals surface area contributed by atoms with Crippen LogP contribution in [0.1, 0.15) is 18.9 Å². The zero-order chi connectivity index (χ0) is 17.9. The van der Waals surface area contributed by atoms with Crippen LogP contribution in [0, 0.1) is 21.8 Å². The number of hydrogen-bond donors (Lipinski definition) is 1. The average molecular weight is 476 g/mol. The summed E-state index contributed by atoms with van der Waals surface area (Å²) in [6.07, 6.45) is 0.584. The van der Waals surface area contributed by atoms with Crippen LogP contribution in [-0.4, -0.2) is 25.8 Å². The summed E-state index contributed by atoms with van der Waals surface area (Å²) in [5, 5.41) is 9.39. The molecular formula is C16H17IN2O3S2. The van der Waals surface area contributed by atoms with Crippen LogP contribution < -0.4 is 5.73 Å². The number of carbonyl (C=O) groups is 1. The summed E-state index contributed by atoms with van der Waals surface area (Å²) in [7, 11) is 1.60. The summed E-state index contributed by atoms with van der Waals surface area (Å²) in [5.74, 6) is -0.603. The molecule has 0 fully saturated rings. The van der Waals surface area contributed by atoms with Gasteiger partial charge in [0.25, 0.3) is 0 Å². The lowest BCUT2D eigenvalue weighted by Crippen LogP contribution is -2.14. The van der Waals surface area contributed by atoms with E-state index < -0.39 is 5.97 Å². The summed E-state index contributed by atoms with van der Waals surface area (Å²) >= 11 is 5.02. The smallest absolute Gasteiger partial charge is 0.350 e. The lowest BCUT2D eigenvalue weighted by Gasteiger charge is -2.09. The van der Waals surface area contributed by atoms with Gasteiger partial charge in [0.2, 0.25) is 0 Å². The van der Waals surface area contributed by atoms with Crippen molar-refractivity contribution in [1.82, 2.24) is 0 Å². The average Bonchev–Trinajstić information content (AvgIpc) is 2.99. The molecule has 1 aliphatic rings. The number of benzene rings is 1. The van der Waals surface area contributed by atoms with E-state index in [0.29, 0.717) is 16.3 Å². The number of ether oxygens (including phenoxy) is 2. The number of anilines is 1. The largest absolute Gasteiger partial charge is 0.461 e. The lowest BCUT2D eigenvalue weighted by molar-refractivity contribution is -0.139. The Bertz CT molecular complexity index is 744. The van der Waals surface area contributed by atoms with Crippen molar-refractivity contribution < 1.29 is 14.3 Å². The van der Waals surface area contributed by atoms with E-state index in [2.05, 4.69) is 22.6 Å². The van der Waals surface area contributed by atoms with Gasteiger partial charge in [0, 0.05) is 27.7 Å². The highest BCUT2D eigenvalue weighted by Gasteiger charge is 2.29. The highest BCUT2D eigenvalue weighted by atomic mass is 127. The maximum absolute atomic E-state index is 12.2. The van der Waals surface area contributed by atoms with E-state index in [9.17, 15) is 10.1 Å². The van der Waals surface area contributed by atoms with Crippen molar-refractivity contribution in [1.29, 1.82) is 5.26 Å². The Labute approximate surface area is 163 Å². The standard InChI is InChI=1S/C16H17IN2O3S2/c1-8-6-11(19)13-14(12(8)17)24-16(23-13)10(7-18)15(20)22-5-4-9(2)21-3/h6,9H,4-5,19H2,1-3H3/b16-10-. The van der Waals surface area contributed by atoms with Gasteiger partial charge in [0.15, 0.2) is 5.57 Å². The number of nitriles is 1. The fourth-order valence-corrected chi connectivity index (χ4v) is 5.48. The van der Waals surface area contributed by atoms with E-state index in [0.717, 1.165) is 18.9 Å². The number of methoxy groups -OCH3 is 1. The number of esters is 1. The number of nitrogens with zero attached hydrogens (tertiary/aromatic N) is 1. The van der Waals surface area contributed by atoms with E-state index >= 15 is 0 Å². The summed E-state index contributed by atoms with van der Waals surface area (Å²) in [6.45, 7) is 4.10. The van der Waals surface area contributed by atoms with Crippen LogP contribution in [0.5, 0.6) is 0 Å². The maximum atomic E-state index is 12.2. The molecule has 2 N–H and O–H groups in total. The highest BCUT2D eigenvalue weighted by Crippen LogP contribution is 2.56. The molecule has 0 spiro atoms. The summed E-state index contributed by atoms with van der Waals surface area (Å²) in [4.78, 5) is 14.1. The van der Waals surface area contributed by atoms with Gasteiger partial charge in [0.05, 0.1) is 21.8 Å². The number of nitrogens with two attached hydrogens (primary N) is 1. The van der Waals surface area contributed by atoms with Gasteiger partial charge >= 0.3 is 5.97 Å². The Morgan fingerprint density at radius 3 is 2.75 bits per heavy atom. The predicted molar refractivity (Wildman–Crippen MR) is 105 cm³/mol. The molecule has 0 aliphatic carbocycles. The number of thioether (sulfide) groups is 2. The van der Waals surface area contributed by atoms with E-state index in [4.69, 9.17) is 15.2 Å². The molecule has 1 atom stereocenters. The minimum absolute atomic E-state index is 0.000161. The molecule has 0 saturated carbocycles. The van der Waals surface area contributed by atoms with Gasteiger partial charge in [-0.15, -0.1) is 0 Å². The summed E-state index contributed by atoms with van der Waals surface area (Å²) in [6, 6.07) is 3.88. The van der Waals surface area contributed by atoms with Crippen molar-refractivity contribution >= 4 is 57.8 Å². The van der Waals surface area contributed by atoms with Crippen LogP contribution in [-0.2, 0) is 14.3 Å². The van der Waals surface area contributed by atoms with Crippen molar-refractivity contribution in [2.24, 2.45) is 0 Å². The number of hydrogen-bond acceptors (Lipinski definition) is 7. The molecule has 1 aromatic rings. The first-order valence-electron chi connectivity index (χ1n) is 7.17. The molecule has 1 heterocycles. The van der Waals surface area contributed by atoms with Crippen LogP contribution >= 0.6 is 46.1 Å². The predicted octanol–water partition coefficient (Wildman–Crippen LogP) is 4.08. The Morgan fingerprint density at radius 2 is 2.12 bits per heavy atom. The number of fused-ring (bicyclic) bond motifs is 1. The number of aryl methyl sites for hydroxylation is 1. The van der Waals surface area contributed by atoms with Crippen molar-refractivity contribution in [2.45, 2.75) is 36.2 Å². The first kappa shape index (κ1) is 19.4. The van der Waals surface area contributed by atoms with Crippen LogP contribution in [0.4, 0.5) is 5.69 Å². The summed E-state index contributed by atoms with van der Waals surface area (Å²) < 4.78 is 12.0. The van der Waals surface area contributed by atoms with E-state index in [1.165, 1.54) is 23.5 Å². The van der Waals surface area contributed by atoms with E-state index in [1.807, 2.05) is 26.0 Å². The number of rotatable bonds is 5. The molecule has 1 unspecified atom stereocenters. The zero-order valence-corrected chi connectivity index (χ0v) is 17.3. The Morgan fingerprint density at radius 1 is 1.46 bits per heavy atom. The molecule has 0 aromatic heterocycles. The monoisotopic (exact) mass is 476 g/mol. The second-order valence-electron chi connectivity index (χ2n) is 5.20. The molecule has 0 bridgehead atoms. The van der Waals surface area contributed by atoms with Crippen molar-refractivity contribution in [3.8, 4) is 6.07 Å². The molecule has 5 nitrogen and oxygen atoms in total. The summed E-state index contributed by atoms with van der Waals surface area (Å²) in [5.41, 5.74) is 7.85. The van der Waals surface area contributed by atoms with E-state index in [1.54, 1.807) is 7.11 Å². The van der Waals surface area contributed by atoms with Gasteiger partial charge in [0.1, 0.15) is 6.07 Å². The van der Waals surface area contributed by atoms with Crippen molar-refractivity contribution in [3.63, 3.8) is 0 Å². The molecule has 0 saturated heterocycles. The van der Waals surface area contributed by atoms with Gasteiger partial charge < -0.3 is 15.2 Å². The van der Waals surface area contributed by atoms with Gasteiger partial charge in [-0.3, -0.25) is 0 Å². The zero-order valence-electron chi connectivity index (χ0n) is 13.5. The third-order valence-corrected chi connectivity index (χ3v) is 7.88. The van der Waals surface area contributed by atoms with Gasteiger partial charge in [-0.2, -0.15) is 5.26 Å². The van der Waals surface area contributed by atoms with Crippen LogP contribution in [0.25, 0.3) is 0 Å².